The second-order valence-corrected chi connectivity index (χ2v) is 12.5. The number of nitrogen functional groups attached to an aromatic ring is 1. The van der Waals surface area contributed by atoms with Crippen molar-refractivity contribution in [1.29, 1.82) is 0 Å². The standard InChI is InChI=1S/C29H39Cl2N7O3/c1-6-24(39)37-14-16(15-37)35-28(40)25-26(31)36-23(38(25)17-7-9-18(41-5)10-8-17)13-34-27(33)19-11-20(29(2,3)4)21(30)12-22(19)32/h6,11-12,16-18H,1,7-10,13-15,32H2,2-5H3,(H2,33,34)(H,35,40). The van der Waals surface area contributed by atoms with Crippen LogP contribution >= 0.6 is 23.2 Å². The first kappa shape index (κ1) is 30.9. The first-order chi connectivity index (χ1) is 19.3. The Kier molecular flexibility index (Phi) is 9.35. The number of halogens is 2. The third kappa shape index (κ3) is 6.71. The quantitative estimate of drug-likeness (QED) is 0.178. The fourth-order valence-electron chi connectivity index (χ4n) is 5.45. The number of amidine groups is 1. The van der Waals surface area contributed by atoms with Crippen molar-refractivity contribution in [1.82, 2.24) is 19.8 Å². The molecule has 1 aromatic heterocycles. The monoisotopic (exact) mass is 603 g/mol. The van der Waals surface area contributed by atoms with Crippen LogP contribution in [0.2, 0.25) is 10.2 Å². The van der Waals surface area contributed by atoms with Gasteiger partial charge in [-0.3, -0.25) is 14.6 Å². The predicted octanol–water partition coefficient (Wildman–Crippen LogP) is 4.23. The SMILES string of the molecule is C=CC(=O)N1CC(NC(=O)c2c(Cl)nc(CN=C(N)c3cc(C(C)(C)C)c(Cl)cc3N)n2C2CCC(OC)CC2)C1. The van der Waals surface area contributed by atoms with Crippen molar-refractivity contribution in [3.8, 4) is 0 Å². The summed E-state index contributed by atoms with van der Waals surface area (Å²) < 4.78 is 7.45. The number of nitrogens with two attached hydrogens (primary N) is 2. The van der Waals surface area contributed by atoms with Crippen LogP contribution in [0.5, 0.6) is 0 Å². The molecule has 1 saturated carbocycles. The lowest BCUT2D eigenvalue weighted by Gasteiger charge is -2.39. The number of ether oxygens (including phenoxy) is 1. The van der Waals surface area contributed by atoms with Crippen molar-refractivity contribution in [3.63, 3.8) is 0 Å². The first-order valence-corrected chi connectivity index (χ1v) is 14.5. The molecular formula is C29H39Cl2N7O3. The van der Waals surface area contributed by atoms with Crippen molar-refractivity contribution in [2.75, 3.05) is 25.9 Å². The van der Waals surface area contributed by atoms with Gasteiger partial charge in [0.1, 0.15) is 17.4 Å². The highest BCUT2D eigenvalue weighted by Gasteiger charge is 2.34. The van der Waals surface area contributed by atoms with Crippen LogP contribution < -0.4 is 16.8 Å². The normalized spacial score (nSPS) is 20.0. The minimum Gasteiger partial charge on any atom is -0.398 e. The van der Waals surface area contributed by atoms with E-state index in [1.54, 1.807) is 18.1 Å². The molecule has 0 atom stereocenters. The number of aromatic nitrogens is 2. The molecular weight excluding hydrogens is 565 g/mol. The fourth-order valence-corrected chi connectivity index (χ4v) is 6.18. The molecule has 0 bridgehead atoms. The summed E-state index contributed by atoms with van der Waals surface area (Å²) in [6, 6.07) is 3.37. The Morgan fingerprint density at radius 2 is 1.88 bits per heavy atom. The maximum Gasteiger partial charge on any atom is 0.271 e. The number of anilines is 1. The van der Waals surface area contributed by atoms with E-state index < -0.39 is 0 Å². The van der Waals surface area contributed by atoms with Gasteiger partial charge in [0.15, 0.2) is 5.15 Å². The molecule has 4 rings (SSSR count). The maximum absolute atomic E-state index is 13.5. The van der Waals surface area contributed by atoms with Crippen molar-refractivity contribution >= 4 is 46.5 Å². The van der Waals surface area contributed by atoms with Gasteiger partial charge in [0.2, 0.25) is 5.91 Å². The highest BCUT2D eigenvalue weighted by Crippen LogP contribution is 2.35. The number of methoxy groups -OCH3 is 1. The van der Waals surface area contributed by atoms with Gasteiger partial charge in [0.05, 0.1) is 18.7 Å². The second-order valence-electron chi connectivity index (χ2n) is 11.7. The zero-order valence-corrected chi connectivity index (χ0v) is 25.6. The Bertz CT molecular complexity index is 1350. The molecule has 5 N–H and O–H groups in total. The summed E-state index contributed by atoms with van der Waals surface area (Å²) in [5, 5.41) is 3.66. The van der Waals surface area contributed by atoms with Crippen LogP contribution in [0, 0.1) is 0 Å². The van der Waals surface area contributed by atoms with Gasteiger partial charge in [-0.25, -0.2) is 4.98 Å². The number of imidazole rings is 1. The van der Waals surface area contributed by atoms with Crippen molar-refractivity contribution < 1.29 is 14.3 Å². The van der Waals surface area contributed by atoms with Crippen LogP contribution in [-0.2, 0) is 21.5 Å². The lowest BCUT2D eigenvalue weighted by molar-refractivity contribution is -0.130. The molecule has 2 aliphatic rings. The van der Waals surface area contributed by atoms with Crippen molar-refractivity contribution in [2.45, 2.75) is 76.6 Å². The number of benzene rings is 1. The third-order valence-corrected chi connectivity index (χ3v) is 8.39. The molecule has 12 heteroatoms. The van der Waals surface area contributed by atoms with Gasteiger partial charge in [-0.1, -0.05) is 50.6 Å². The Morgan fingerprint density at radius 1 is 1.22 bits per heavy atom. The third-order valence-electron chi connectivity index (χ3n) is 7.82. The summed E-state index contributed by atoms with van der Waals surface area (Å²) in [6.45, 7) is 10.6. The molecule has 0 spiro atoms. The summed E-state index contributed by atoms with van der Waals surface area (Å²) in [6.07, 6.45) is 4.72. The van der Waals surface area contributed by atoms with E-state index in [0.29, 0.717) is 35.2 Å². The smallest absolute Gasteiger partial charge is 0.271 e. The first-order valence-electron chi connectivity index (χ1n) is 13.7. The topological polar surface area (TPSA) is 141 Å². The van der Waals surface area contributed by atoms with Gasteiger partial charge in [-0.05, 0) is 54.9 Å². The summed E-state index contributed by atoms with van der Waals surface area (Å²) >= 11 is 13.1. The average molecular weight is 605 g/mol. The number of aliphatic imine (C=N–C) groups is 1. The van der Waals surface area contributed by atoms with Gasteiger partial charge in [-0.15, -0.1) is 0 Å². The van der Waals surface area contributed by atoms with Crippen LogP contribution in [0.1, 0.15) is 79.9 Å². The number of amides is 2. The van der Waals surface area contributed by atoms with Gasteiger partial charge in [-0.2, -0.15) is 0 Å². The van der Waals surface area contributed by atoms with Gasteiger partial charge in [0, 0.05) is 42.5 Å². The largest absolute Gasteiger partial charge is 0.398 e. The molecule has 222 valence electrons. The minimum absolute atomic E-state index is 0.0121. The average Bonchev–Trinajstić information content (AvgIpc) is 3.23. The van der Waals surface area contributed by atoms with E-state index >= 15 is 0 Å². The number of rotatable bonds is 8. The number of carbonyl (C=O) groups is 2. The molecule has 1 aliphatic heterocycles. The summed E-state index contributed by atoms with van der Waals surface area (Å²) in [5.74, 6) is 0.268. The summed E-state index contributed by atoms with van der Waals surface area (Å²) in [4.78, 5) is 36.1. The molecule has 1 aromatic carbocycles. The van der Waals surface area contributed by atoms with Gasteiger partial charge >= 0.3 is 0 Å². The number of carbonyl (C=O) groups excluding carboxylic acids is 2. The van der Waals surface area contributed by atoms with Crippen LogP contribution in [-0.4, -0.2) is 64.4 Å². The lowest BCUT2D eigenvalue weighted by atomic mass is 9.85. The molecule has 0 unspecified atom stereocenters. The number of nitrogens with zero attached hydrogens (tertiary/aromatic N) is 4. The van der Waals surface area contributed by atoms with E-state index in [1.165, 1.54) is 6.08 Å². The molecule has 1 aliphatic carbocycles. The predicted molar refractivity (Wildman–Crippen MR) is 163 cm³/mol. The number of hydrogen-bond donors (Lipinski definition) is 3. The minimum atomic E-state index is -0.341. The lowest BCUT2D eigenvalue weighted by Crippen LogP contribution is -2.60. The molecule has 2 amide bonds. The fraction of sp³-hybridized carbons (Fsp3) is 0.517. The van der Waals surface area contributed by atoms with Crippen molar-refractivity contribution in [2.24, 2.45) is 10.7 Å². The summed E-state index contributed by atoms with van der Waals surface area (Å²) in [5.41, 5.74) is 14.7. The number of likely N-dealkylation sites (tertiary alicyclic amines) is 1. The Morgan fingerprint density at radius 3 is 2.46 bits per heavy atom. The van der Waals surface area contributed by atoms with E-state index in [0.717, 1.165) is 31.2 Å². The molecule has 0 radical (unpaired) electrons. The van der Waals surface area contributed by atoms with E-state index in [1.807, 2.05) is 10.6 Å². The van der Waals surface area contributed by atoms with Crippen LogP contribution in [0.15, 0.2) is 29.8 Å². The van der Waals surface area contributed by atoms with E-state index in [-0.39, 0.29) is 58.6 Å². The molecule has 41 heavy (non-hydrogen) atoms. The van der Waals surface area contributed by atoms with Crippen LogP contribution in [0.3, 0.4) is 0 Å². The molecule has 2 fully saturated rings. The molecule has 10 nitrogen and oxygen atoms in total. The molecule has 2 heterocycles. The Balaban J connectivity index is 1.63. The Hall–Kier alpha value is -3.08. The van der Waals surface area contributed by atoms with E-state index in [9.17, 15) is 9.59 Å². The zero-order valence-electron chi connectivity index (χ0n) is 24.0. The van der Waals surface area contributed by atoms with Crippen LogP contribution in [0.25, 0.3) is 0 Å². The molecule has 2 aromatic rings. The Labute approximate surface area is 251 Å². The van der Waals surface area contributed by atoms with Crippen LogP contribution in [0.4, 0.5) is 5.69 Å². The highest BCUT2D eigenvalue weighted by molar-refractivity contribution is 6.32. The molecule has 1 saturated heterocycles. The second kappa shape index (κ2) is 12.4. The van der Waals surface area contributed by atoms with E-state index in [2.05, 4.69) is 42.6 Å². The highest BCUT2D eigenvalue weighted by atomic mass is 35.5. The number of nitrogens with one attached hydrogen (secondary N) is 1. The van der Waals surface area contributed by atoms with E-state index in [4.69, 9.17) is 39.4 Å². The zero-order chi connectivity index (χ0) is 30.1. The van der Waals surface area contributed by atoms with Gasteiger partial charge in [0.25, 0.3) is 5.91 Å². The van der Waals surface area contributed by atoms with Gasteiger partial charge < -0.3 is 31.0 Å². The number of hydrogen-bond acceptors (Lipinski definition) is 6. The van der Waals surface area contributed by atoms with Crippen molar-refractivity contribution in [3.05, 3.63) is 57.6 Å². The summed E-state index contributed by atoms with van der Waals surface area (Å²) in [7, 11) is 1.72. The maximum atomic E-state index is 13.5.